The lowest BCUT2D eigenvalue weighted by Crippen LogP contribution is -2.47. The molecular weight excluding hydrogens is 276 g/mol. The van der Waals surface area contributed by atoms with Crippen molar-refractivity contribution < 1.29 is 9.53 Å². The van der Waals surface area contributed by atoms with Crippen LogP contribution in [0.5, 0.6) is 0 Å². The van der Waals surface area contributed by atoms with Crippen LogP contribution in [0, 0.1) is 6.92 Å². The molecule has 0 aromatic heterocycles. The van der Waals surface area contributed by atoms with Gasteiger partial charge in [-0.2, -0.15) is 0 Å². The van der Waals surface area contributed by atoms with Crippen molar-refractivity contribution in [1.82, 2.24) is 9.80 Å². The Bertz CT molecular complexity index is 510. The molecule has 1 aromatic rings. The number of ether oxygens (including phenoxy) is 1. The van der Waals surface area contributed by atoms with E-state index in [0.717, 1.165) is 45.0 Å². The first-order valence-corrected chi connectivity index (χ1v) is 8.36. The van der Waals surface area contributed by atoms with E-state index in [0.29, 0.717) is 6.04 Å². The quantitative estimate of drug-likeness (QED) is 0.861. The summed E-state index contributed by atoms with van der Waals surface area (Å²) in [6.45, 7) is 13.4. The number of hydrogen-bond acceptors (Lipinski definition) is 3. The zero-order valence-electron chi connectivity index (χ0n) is 14.3. The zero-order valence-corrected chi connectivity index (χ0v) is 14.3. The maximum atomic E-state index is 12.4. The Labute approximate surface area is 134 Å². The lowest BCUT2D eigenvalue weighted by atomic mass is 10.1. The first-order chi connectivity index (χ1) is 10.6. The molecule has 1 amide bonds. The summed E-state index contributed by atoms with van der Waals surface area (Å²) in [5.41, 5.74) is 3.27. The second kappa shape index (κ2) is 7.75. The minimum atomic E-state index is 0.181. The minimum absolute atomic E-state index is 0.181. The molecule has 3 rings (SSSR count). The molecule has 0 spiro atoms. The van der Waals surface area contributed by atoms with Gasteiger partial charge in [-0.25, -0.2) is 0 Å². The van der Waals surface area contributed by atoms with Gasteiger partial charge in [0.2, 0.25) is 0 Å². The van der Waals surface area contributed by atoms with Crippen molar-refractivity contribution in [2.75, 3.05) is 32.8 Å². The van der Waals surface area contributed by atoms with Crippen molar-refractivity contribution in [3.05, 3.63) is 34.9 Å². The Morgan fingerprint density at radius 2 is 1.91 bits per heavy atom. The average molecular weight is 304 g/mol. The van der Waals surface area contributed by atoms with Crippen LogP contribution in [0.1, 0.15) is 42.3 Å². The van der Waals surface area contributed by atoms with E-state index in [9.17, 15) is 4.79 Å². The number of hydrogen-bond donors (Lipinski definition) is 0. The van der Waals surface area contributed by atoms with Crippen LogP contribution in [-0.2, 0) is 11.3 Å². The van der Waals surface area contributed by atoms with Crippen molar-refractivity contribution in [2.24, 2.45) is 0 Å². The Hall–Kier alpha value is -1.39. The SMILES string of the molecule is CC.Cc1ccc2c(c1)CN(CC(C)N1CCOCC1)C2=O. The largest absolute Gasteiger partial charge is 0.379 e. The van der Waals surface area contributed by atoms with E-state index in [2.05, 4.69) is 24.8 Å². The molecule has 122 valence electrons. The molecule has 1 unspecified atom stereocenters. The van der Waals surface area contributed by atoms with Gasteiger partial charge in [0.25, 0.3) is 5.91 Å². The number of fused-ring (bicyclic) bond motifs is 1. The summed E-state index contributed by atoms with van der Waals surface area (Å²) >= 11 is 0. The second-order valence-corrected chi connectivity index (χ2v) is 5.84. The smallest absolute Gasteiger partial charge is 0.254 e. The topological polar surface area (TPSA) is 32.8 Å². The molecule has 1 fully saturated rings. The number of rotatable bonds is 3. The maximum Gasteiger partial charge on any atom is 0.254 e. The third-order valence-electron chi connectivity index (χ3n) is 4.29. The van der Waals surface area contributed by atoms with Gasteiger partial charge in [0.05, 0.1) is 13.2 Å². The van der Waals surface area contributed by atoms with Crippen LogP contribution in [0.15, 0.2) is 18.2 Å². The summed E-state index contributed by atoms with van der Waals surface area (Å²) in [6.07, 6.45) is 0. The third kappa shape index (κ3) is 3.68. The lowest BCUT2D eigenvalue weighted by molar-refractivity contribution is 0.0128. The standard InChI is InChI=1S/C16H22N2O2.C2H6/c1-12-3-4-15-14(9-12)11-18(16(15)19)10-13(2)17-5-7-20-8-6-17;1-2/h3-4,9,13H,5-8,10-11H2,1-2H3;1-2H3. The van der Waals surface area contributed by atoms with E-state index >= 15 is 0 Å². The van der Waals surface area contributed by atoms with E-state index in [-0.39, 0.29) is 5.91 Å². The second-order valence-electron chi connectivity index (χ2n) is 5.84. The Morgan fingerprint density at radius 1 is 1.23 bits per heavy atom. The molecule has 4 nitrogen and oxygen atoms in total. The van der Waals surface area contributed by atoms with Gasteiger partial charge in [0.1, 0.15) is 0 Å². The highest BCUT2D eigenvalue weighted by Crippen LogP contribution is 2.24. The lowest BCUT2D eigenvalue weighted by Gasteiger charge is -2.34. The Balaban J connectivity index is 0.000000847. The molecule has 4 heteroatoms. The van der Waals surface area contributed by atoms with Crippen molar-refractivity contribution in [3.8, 4) is 0 Å². The van der Waals surface area contributed by atoms with Crippen molar-refractivity contribution in [1.29, 1.82) is 0 Å². The van der Waals surface area contributed by atoms with E-state index in [4.69, 9.17) is 4.74 Å². The molecule has 22 heavy (non-hydrogen) atoms. The first kappa shape index (κ1) is 17.0. The number of nitrogens with zero attached hydrogens (tertiary/aromatic N) is 2. The summed E-state index contributed by atoms with van der Waals surface area (Å²) < 4.78 is 5.38. The van der Waals surface area contributed by atoms with Crippen LogP contribution < -0.4 is 0 Å². The predicted molar refractivity (Wildman–Crippen MR) is 89.1 cm³/mol. The fraction of sp³-hybridized carbons (Fsp3) is 0.611. The number of carbonyl (C=O) groups excluding carboxylic acids is 1. The van der Waals surface area contributed by atoms with Gasteiger partial charge in [0.15, 0.2) is 0 Å². The van der Waals surface area contributed by atoms with Crippen molar-refractivity contribution >= 4 is 5.91 Å². The van der Waals surface area contributed by atoms with Crippen LogP contribution in [0.25, 0.3) is 0 Å². The van der Waals surface area contributed by atoms with Crippen LogP contribution in [0.3, 0.4) is 0 Å². The zero-order chi connectivity index (χ0) is 16.1. The van der Waals surface area contributed by atoms with Gasteiger partial charge in [-0.3, -0.25) is 9.69 Å². The molecular formula is C18H28N2O2. The van der Waals surface area contributed by atoms with Crippen LogP contribution in [0.2, 0.25) is 0 Å². The molecule has 1 atom stereocenters. The number of amides is 1. The first-order valence-electron chi connectivity index (χ1n) is 8.36. The molecule has 0 aliphatic carbocycles. The summed E-state index contributed by atoms with van der Waals surface area (Å²) in [5.74, 6) is 0.181. The van der Waals surface area contributed by atoms with Gasteiger partial charge < -0.3 is 9.64 Å². The predicted octanol–water partition coefficient (Wildman–Crippen LogP) is 2.70. The number of aryl methyl sites for hydroxylation is 1. The van der Waals surface area contributed by atoms with Crippen molar-refractivity contribution in [3.63, 3.8) is 0 Å². The van der Waals surface area contributed by atoms with E-state index < -0.39 is 0 Å². The molecule has 2 heterocycles. The highest BCUT2D eigenvalue weighted by Gasteiger charge is 2.29. The molecule has 1 aromatic carbocycles. The Kier molecular flexibility index (Phi) is 5.98. The summed E-state index contributed by atoms with van der Waals surface area (Å²) in [7, 11) is 0. The van der Waals surface area contributed by atoms with E-state index in [1.807, 2.05) is 30.9 Å². The van der Waals surface area contributed by atoms with Gasteiger partial charge >= 0.3 is 0 Å². The fourth-order valence-electron chi connectivity index (χ4n) is 3.11. The van der Waals surface area contributed by atoms with Gasteiger partial charge in [0, 0.05) is 37.8 Å². The molecule has 2 aliphatic heterocycles. The average Bonchev–Trinajstić information content (AvgIpc) is 2.85. The highest BCUT2D eigenvalue weighted by atomic mass is 16.5. The third-order valence-corrected chi connectivity index (χ3v) is 4.29. The number of morpholine rings is 1. The minimum Gasteiger partial charge on any atom is -0.379 e. The van der Waals surface area contributed by atoms with Gasteiger partial charge in [-0.1, -0.05) is 31.5 Å². The summed E-state index contributed by atoms with van der Waals surface area (Å²) in [5, 5.41) is 0. The van der Waals surface area contributed by atoms with Crippen LogP contribution in [-0.4, -0.2) is 54.6 Å². The molecule has 0 bridgehead atoms. The van der Waals surface area contributed by atoms with Gasteiger partial charge in [-0.15, -0.1) is 0 Å². The summed E-state index contributed by atoms with van der Waals surface area (Å²) in [6, 6.07) is 6.50. The molecule has 0 saturated carbocycles. The number of carbonyl (C=O) groups is 1. The normalized spacial score (nSPS) is 19.5. The monoisotopic (exact) mass is 304 g/mol. The molecule has 0 N–H and O–H groups in total. The van der Waals surface area contributed by atoms with E-state index in [1.165, 1.54) is 11.1 Å². The van der Waals surface area contributed by atoms with Gasteiger partial charge in [-0.05, 0) is 25.5 Å². The maximum absolute atomic E-state index is 12.4. The van der Waals surface area contributed by atoms with Crippen LogP contribution >= 0.6 is 0 Å². The summed E-state index contributed by atoms with van der Waals surface area (Å²) in [4.78, 5) is 16.8. The molecule has 0 radical (unpaired) electrons. The highest BCUT2D eigenvalue weighted by molar-refractivity contribution is 5.98. The Morgan fingerprint density at radius 3 is 2.59 bits per heavy atom. The fourth-order valence-corrected chi connectivity index (χ4v) is 3.11. The van der Waals surface area contributed by atoms with Crippen LogP contribution in [0.4, 0.5) is 0 Å². The molecule has 2 aliphatic rings. The van der Waals surface area contributed by atoms with E-state index in [1.54, 1.807) is 0 Å². The molecule has 1 saturated heterocycles. The number of benzene rings is 1. The van der Waals surface area contributed by atoms with Crippen molar-refractivity contribution in [2.45, 2.75) is 40.3 Å².